The van der Waals surface area contributed by atoms with E-state index in [1.165, 1.54) is 13.8 Å². The SMILES string of the molecule is CCOC(=O)[C@H](C)C(C#N)(C(=O)OCC)[C@@H](C)C(=O)OCC. The monoisotopic (exact) mass is 313 g/mol. The standard InChI is InChI=1S/C15H23NO6/c1-6-20-12(17)10(4)15(9-16,14(19)22-8-3)11(5)13(18)21-7-2/h10-11H,6-8H2,1-5H3/t10-,11-/m0/s1. The summed E-state index contributed by atoms with van der Waals surface area (Å²) in [5.74, 6) is -4.76. The van der Waals surface area contributed by atoms with Gasteiger partial charge in [0.25, 0.3) is 0 Å². The van der Waals surface area contributed by atoms with Crippen LogP contribution in [-0.2, 0) is 28.6 Å². The normalized spacial score (nSPS) is 13.5. The number of hydrogen-bond donors (Lipinski definition) is 0. The molecule has 0 aliphatic carbocycles. The van der Waals surface area contributed by atoms with Crippen molar-refractivity contribution in [3.63, 3.8) is 0 Å². The number of nitriles is 1. The van der Waals surface area contributed by atoms with E-state index in [4.69, 9.17) is 14.2 Å². The Bertz CT molecular complexity index is 429. The molecular weight excluding hydrogens is 290 g/mol. The summed E-state index contributed by atoms with van der Waals surface area (Å²) in [7, 11) is 0. The van der Waals surface area contributed by atoms with Gasteiger partial charge in [-0.1, -0.05) is 0 Å². The molecule has 0 rings (SSSR count). The van der Waals surface area contributed by atoms with Crippen LogP contribution in [0.5, 0.6) is 0 Å². The molecule has 0 N–H and O–H groups in total. The van der Waals surface area contributed by atoms with Gasteiger partial charge in [0, 0.05) is 0 Å². The highest BCUT2D eigenvalue weighted by atomic mass is 16.5. The van der Waals surface area contributed by atoms with Crippen LogP contribution < -0.4 is 0 Å². The molecule has 0 bridgehead atoms. The third kappa shape index (κ3) is 3.97. The first-order valence-corrected chi connectivity index (χ1v) is 7.25. The van der Waals surface area contributed by atoms with E-state index >= 15 is 0 Å². The van der Waals surface area contributed by atoms with Gasteiger partial charge in [-0.15, -0.1) is 0 Å². The van der Waals surface area contributed by atoms with Gasteiger partial charge in [-0.05, 0) is 34.6 Å². The minimum Gasteiger partial charge on any atom is -0.466 e. The first kappa shape index (κ1) is 19.9. The highest BCUT2D eigenvalue weighted by Gasteiger charge is 2.56. The van der Waals surface area contributed by atoms with Gasteiger partial charge >= 0.3 is 17.9 Å². The van der Waals surface area contributed by atoms with Gasteiger partial charge in [0.1, 0.15) is 0 Å². The van der Waals surface area contributed by atoms with E-state index in [9.17, 15) is 19.6 Å². The molecule has 124 valence electrons. The van der Waals surface area contributed by atoms with Crippen molar-refractivity contribution in [2.75, 3.05) is 19.8 Å². The van der Waals surface area contributed by atoms with E-state index in [1.807, 2.05) is 0 Å². The van der Waals surface area contributed by atoms with E-state index in [0.29, 0.717) is 0 Å². The maximum atomic E-state index is 12.3. The fourth-order valence-corrected chi connectivity index (χ4v) is 2.12. The van der Waals surface area contributed by atoms with E-state index < -0.39 is 35.2 Å². The second-order valence-electron chi connectivity index (χ2n) is 4.65. The molecule has 0 saturated heterocycles. The lowest BCUT2D eigenvalue weighted by molar-refractivity contribution is -0.173. The summed E-state index contributed by atoms with van der Waals surface area (Å²) in [6, 6.07) is 1.80. The van der Waals surface area contributed by atoms with Crippen LogP contribution >= 0.6 is 0 Å². The zero-order chi connectivity index (χ0) is 17.3. The molecule has 0 aromatic rings. The fourth-order valence-electron chi connectivity index (χ4n) is 2.12. The predicted molar refractivity (Wildman–Crippen MR) is 76.3 cm³/mol. The second kappa shape index (κ2) is 9.03. The van der Waals surface area contributed by atoms with Crippen molar-refractivity contribution in [3.8, 4) is 6.07 Å². The number of esters is 3. The maximum absolute atomic E-state index is 12.3. The Morgan fingerprint density at radius 1 is 0.909 bits per heavy atom. The summed E-state index contributed by atoms with van der Waals surface area (Å²) in [6.07, 6.45) is 0. The third-order valence-electron chi connectivity index (χ3n) is 3.44. The molecule has 0 aliphatic heterocycles. The van der Waals surface area contributed by atoms with E-state index in [0.717, 1.165) is 0 Å². The minimum atomic E-state index is -1.99. The van der Waals surface area contributed by atoms with Gasteiger partial charge in [-0.25, -0.2) is 0 Å². The molecule has 7 heteroatoms. The zero-order valence-corrected chi connectivity index (χ0v) is 13.7. The Hall–Kier alpha value is -2.10. The van der Waals surface area contributed by atoms with Crippen LogP contribution in [0.4, 0.5) is 0 Å². The molecule has 22 heavy (non-hydrogen) atoms. The van der Waals surface area contributed by atoms with Crippen LogP contribution in [0, 0.1) is 28.6 Å². The van der Waals surface area contributed by atoms with Crippen LogP contribution in [-0.4, -0.2) is 37.7 Å². The van der Waals surface area contributed by atoms with Crippen LogP contribution in [0.1, 0.15) is 34.6 Å². The molecule has 0 radical (unpaired) electrons. The summed E-state index contributed by atoms with van der Waals surface area (Å²) >= 11 is 0. The Morgan fingerprint density at radius 3 is 1.55 bits per heavy atom. The average molecular weight is 313 g/mol. The van der Waals surface area contributed by atoms with Gasteiger partial charge in [0.05, 0.1) is 37.7 Å². The molecule has 7 nitrogen and oxygen atoms in total. The molecule has 0 aromatic carbocycles. The lowest BCUT2D eigenvalue weighted by Crippen LogP contribution is -2.49. The first-order chi connectivity index (χ1) is 10.3. The summed E-state index contributed by atoms with van der Waals surface area (Å²) in [5.41, 5.74) is -1.99. The number of nitrogens with zero attached hydrogens (tertiary/aromatic N) is 1. The number of carbonyl (C=O) groups excluding carboxylic acids is 3. The smallest absolute Gasteiger partial charge is 0.328 e. The van der Waals surface area contributed by atoms with Crippen molar-refractivity contribution < 1.29 is 28.6 Å². The van der Waals surface area contributed by atoms with Crippen molar-refractivity contribution in [2.45, 2.75) is 34.6 Å². The number of ether oxygens (including phenoxy) is 3. The zero-order valence-electron chi connectivity index (χ0n) is 13.7. The van der Waals surface area contributed by atoms with Crippen LogP contribution in [0.2, 0.25) is 0 Å². The molecule has 0 aromatic heterocycles. The van der Waals surface area contributed by atoms with E-state index in [1.54, 1.807) is 26.8 Å². The van der Waals surface area contributed by atoms with E-state index in [-0.39, 0.29) is 19.8 Å². The molecular formula is C15H23NO6. The summed E-state index contributed by atoms with van der Waals surface area (Å²) in [5, 5.41) is 9.58. The molecule has 0 saturated carbocycles. The Morgan fingerprint density at radius 2 is 1.27 bits per heavy atom. The third-order valence-corrected chi connectivity index (χ3v) is 3.44. The van der Waals surface area contributed by atoms with Crippen molar-refractivity contribution in [3.05, 3.63) is 0 Å². The van der Waals surface area contributed by atoms with Crippen molar-refractivity contribution in [1.82, 2.24) is 0 Å². The number of carbonyl (C=O) groups is 3. The topological polar surface area (TPSA) is 103 Å². The highest BCUT2D eigenvalue weighted by Crippen LogP contribution is 2.38. The average Bonchev–Trinajstić information content (AvgIpc) is 2.48. The molecule has 2 atom stereocenters. The Labute approximate surface area is 130 Å². The molecule has 0 amide bonds. The van der Waals surface area contributed by atoms with Gasteiger partial charge in [-0.2, -0.15) is 5.26 Å². The Balaban J connectivity index is 5.83. The van der Waals surface area contributed by atoms with E-state index in [2.05, 4.69) is 0 Å². The molecule has 0 unspecified atom stereocenters. The molecule has 0 fully saturated rings. The van der Waals surface area contributed by atoms with Gasteiger partial charge < -0.3 is 14.2 Å². The van der Waals surface area contributed by atoms with Crippen LogP contribution in [0.3, 0.4) is 0 Å². The maximum Gasteiger partial charge on any atom is 0.328 e. The summed E-state index contributed by atoms with van der Waals surface area (Å²) < 4.78 is 14.7. The number of rotatable bonds is 8. The predicted octanol–water partition coefficient (Wildman–Crippen LogP) is 1.46. The fraction of sp³-hybridized carbons (Fsp3) is 0.733. The van der Waals surface area contributed by atoms with Gasteiger partial charge in [0.2, 0.25) is 0 Å². The van der Waals surface area contributed by atoms with Gasteiger partial charge in [0.15, 0.2) is 5.41 Å². The summed E-state index contributed by atoms with van der Waals surface area (Å²) in [4.78, 5) is 36.4. The molecule has 0 aliphatic rings. The minimum absolute atomic E-state index is 0.0212. The van der Waals surface area contributed by atoms with Crippen LogP contribution in [0.25, 0.3) is 0 Å². The van der Waals surface area contributed by atoms with Crippen LogP contribution in [0.15, 0.2) is 0 Å². The largest absolute Gasteiger partial charge is 0.466 e. The van der Waals surface area contributed by atoms with Crippen molar-refractivity contribution in [2.24, 2.45) is 17.3 Å². The highest BCUT2D eigenvalue weighted by molar-refractivity contribution is 5.92. The molecule has 0 heterocycles. The lowest BCUT2D eigenvalue weighted by atomic mass is 9.68. The van der Waals surface area contributed by atoms with Crippen molar-refractivity contribution in [1.29, 1.82) is 5.26 Å². The van der Waals surface area contributed by atoms with Crippen molar-refractivity contribution >= 4 is 17.9 Å². The lowest BCUT2D eigenvalue weighted by Gasteiger charge is -2.32. The second-order valence-corrected chi connectivity index (χ2v) is 4.65. The van der Waals surface area contributed by atoms with Gasteiger partial charge in [-0.3, -0.25) is 14.4 Å². The Kier molecular flexibility index (Phi) is 8.17. The quantitative estimate of drug-likeness (QED) is 0.493. The number of hydrogen-bond acceptors (Lipinski definition) is 7. The molecule has 0 spiro atoms. The first-order valence-electron chi connectivity index (χ1n) is 7.25. The summed E-state index contributed by atoms with van der Waals surface area (Å²) in [6.45, 7) is 7.75.